The largest absolute Gasteiger partial charge is 0.493 e. The van der Waals surface area contributed by atoms with E-state index in [9.17, 15) is 4.79 Å². The van der Waals surface area contributed by atoms with Crippen LogP contribution in [0.1, 0.15) is 19.4 Å². The molecule has 0 saturated carbocycles. The maximum Gasteiger partial charge on any atom is 0.233 e. The summed E-state index contributed by atoms with van der Waals surface area (Å²) in [5.41, 5.74) is 1.80. The molecular weight excluding hydrogens is 398 g/mol. The third-order valence-electron chi connectivity index (χ3n) is 5.15. The van der Waals surface area contributed by atoms with Crippen molar-refractivity contribution in [1.82, 2.24) is 9.88 Å². The van der Waals surface area contributed by atoms with E-state index in [1.54, 1.807) is 14.2 Å². The van der Waals surface area contributed by atoms with Crippen molar-refractivity contribution in [1.29, 1.82) is 0 Å². The summed E-state index contributed by atoms with van der Waals surface area (Å²) in [6, 6.07) is 13.6. The van der Waals surface area contributed by atoms with Crippen molar-refractivity contribution in [2.24, 2.45) is 0 Å². The molecule has 0 fully saturated rings. The number of anilines is 1. The number of likely N-dealkylation sites (N-methyl/N-ethyl adjacent to an activating group) is 1. The lowest BCUT2D eigenvalue weighted by Gasteiger charge is -2.24. The van der Waals surface area contributed by atoms with Gasteiger partial charge in [0.05, 0.1) is 30.9 Å². The molecule has 1 amide bonds. The van der Waals surface area contributed by atoms with E-state index in [0.29, 0.717) is 29.6 Å². The predicted octanol–water partition coefficient (Wildman–Crippen LogP) is 4.23. The number of rotatable bonds is 10. The van der Waals surface area contributed by atoms with Gasteiger partial charge in [-0.05, 0) is 18.7 Å². The third-order valence-corrected chi connectivity index (χ3v) is 6.19. The van der Waals surface area contributed by atoms with Crippen LogP contribution < -0.4 is 14.4 Å². The molecule has 0 saturated heterocycles. The fourth-order valence-electron chi connectivity index (χ4n) is 3.33. The number of carbonyl (C=O) groups is 1. The summed E-state index contributed by atoms with van der Waals surface area (Å²) in [7, 11) is 3.22. The van der Waals surface area contributed by atoms with Gasteiger partial charge in [0.15, 0.2) is 16.6 Å². The molecule has 1 heterocycles. The van der Waals surface area contributed by atoms with Crippen LogP contribution in [0.25, 0.3) is 10.2 Å². The van der Waals surface area contributed by atoms with Crippen molar-refractivity contribution in [2.45, 2.75) is 20.3 Å². The number of carbonyl (C=O) groups excluding carboxylic acids is 1. The van der Waals surface area contributed by atoms with Crippen LogP contribution in [0, 0.1) is 0 Å². The van der Waals surface area contributed by atoms with E-state index in [2.05, 4.69) is 18.7 Å². The fourth-order valence-corrected chi connectivity index (χ4v) is 4.35. The molecule has 0 spiro atoms. The highest BCUT2D eigenvalue weighted by molar-refractivity contribution is 7.22. The number of ether oxygens (including phenoxy) is 2. The summed E-state index contributed by atoms with van der Waals surface area (Å²) < 4.78 is 11.8. The molecule has 0 bridgehead atoms. The van der Waals surface area contributed by atoms with Crippen LogP contribution in [-0.4, -0.2) is 56.2 Å². The number of nitrogens with zero attached hydrogens (tertiary/aromatic N) is 3. The smallest absolute Gasteiger partial charge is 0.233 e. The molecule has 7 heteroatoms. The maximum atomic E-state index is 13.2. The Kier molecular flexibility index (Phi) is 7.65. The van der Waals surface area contributed by atoms with E-state index in [1.165, 1.54) is 11.3 Å². The lowest BCUT2D eigenvalue weighted by atomic mass is 10.1. The Morgan fingerprint density at radius 2 is 1.67 bits per heavy atom. The van der Waals surface area contributed by atoms with Crippen molar-refractivity contribution in [3.8, 4) is 11.5 Å². The van der Waals surface area contributed by atoms with Crippen LogP contribution in [0.15, 0.2) is 42.5 Å². The van der Waals surface area contributed by atoms with Gasteiger partial charge in [0.1, 0.15) is 0 Å². The molecule has 160 valence electrons. The lowest BCUT2D eigenvalue weighted by molar-refractivity contribution is -0.118. The number of benzene rings is 2. The topological polar surface area (TPSA) is 54.9 Å². The van der Waals surface area contributed by atoms with Crippen LogP contribution in [0.5, 0.6) is 11.5 Å². The van der Waals surface area contributed by atoms with Crippen molar-refractivity contribution in [3.05, 3.63) is 48.0 Å². The van der Waals surface area contributed by atoms with E-state index in [-0.39, 0.29) is 5.91 Å². The first-order valence-corrected chi connectivity index (χ1v) is 11.0. The molecule has 0 aliphatic carbocycles. The quantitative estimate of drug-likeness (QED) is 0.485. The monoisotopic (exact) mass is 427 g/mol. The molecule has 3 aromatic rings. The highest BCUT2D eigenvalue weighted by Crippen LogP contribution is 2.37. The highest BCUT2D eigenvalue weighted by Gasteiger charge is 2.21. The van der Waals surface area contributed by atoms with Crippen molar-refractivity contribution >= 4 is 32.6 Å². The van der Waals surface area contributed by atoms with E-state index in [0.717, 1.165) is 35.4 Å². The second-order valence-electron chi connectivity index (χ2n) is 6.91. The van der Waals surface area contributed by atoms with Gasteiger partial charge in [0.2, 0.25) is 5.91 Å². The average Bonchev–Trinajstić information content (AvgIpc) is 3.18. The number of hydrogen-bond donors (Lipinski definition) is 0. The minimum Gasteiger partial charge on any atom is -0.493 e. The molecule has 30 heavy (non-hydrogen) atoms. The maximum absolute atomic E-state index is 13.2. The average molecular weight is 428 g/mol. The first kappa shape index (κ1) is 22.1. The van der Waals surface area contributed by atoms with Gasteiger partial charge in [0, 0.05) is 25.2 Å². The molecule has 0 N–H and O–H groups in total. The zero-order chi connectivity index (χ0) is 21.5. The summed E-state index contributed by atoms with van der Waals surface area (Å²) in [6.07, 6.45) is 0.349. The summed E-state index contributed by atoms with van der Waals surface area (Å²) in [5.74, 6) is 1.34. The zero-order valence-electron chi connectivity index (χ0n) is 18.1. The van der Waals surface area contributed by atoms with Gasteiger partial charge in [-0.15, -0.1) is 0 Å². The van der Waals surface area contributed by atoms with Gasteiger partial charge < -0.3 is 14.4 Å². The van der Waals surface area contributed by atoms with Crippen LogP contribution in [0.2, 0.25) is 0 Å². The van der Waals surface area contributed by atoms with E-state index in [1.807, 2.05) is 47.4 Å². The number of hydrogen-bond acceptors (Lipinski definition) is 6. The Hall–Kier alpha value is -2.64. The van der Waals surface area contributed by atoms with Gasteiger partial charge in [-0.1, -0.05) is 55.5 Å². The Morgan fingerprint density at radius 3 is 2.30 bits per heavy atom. The molecule has 0 unspecified atom stereocenters. The Morgan fingerprint density at radius 1 is 1.00 bits per heavy atom. The van der Waals surface area contributed by atoms with Crippen molar-refractivity contribution in [2.75, 3.05) is 45.3 Å². The van der Waals surface area contributed by atoms with Gasteiger partial charge in [-0.3, -0.25) is 9.69 Å². The van der Waals surface area contributed by atoms with Gasteiger partial charge in [-0.25, -0.2) is 4.98 Å². The Balaban J connectivity index is 1.92. The summed E-state index contributed by atoms with van der Waals surface area (Å²) >= 11 is 1.50. The van der Waals surface area contributed by atoms with E-state index in [4.69, 9.17) is 14.5 Å². The van der Waals surface area contributed by atoms with E-state index >= 15 is 0 Å². The molecule has 1 aromatic heterocycles. The second-order valence-corrected chi connectivity index (χ2v) is 7.92. The molecule has 0 aliphatic heterocycles. The Labute approximate surface area is 182 Å². The minimum absolute atomic E-state index is 0.0475. The van der Waals surface area contributed by atoms with Gasteiger partial charge in [-0.2, -0.15) is 0 Å². The number of amides is 1. The third kappa shape index (κ3) is 5.09. The first-order chi connectivity index (χ1) is 14.6. The van der Waals surface area contributed by atoms with Crippen LogP contribution >= 0.6 is 11.3 Å². The summed E-state index contributed by atoms with van der Waals surface area (Å²) in [6.45, 7) is 7.57. The van der Waals surface area contributed by atoms with Crippen LogP contribution in [0.4, 0.5) is 5.13 Å². The highest BCUT2D eigenvalue weighted by atomic mass is 32.1. The van der Waals surface area contributed by atoms with E-state index < -0.39 is 0 Å². The SMILES string of the molecule is CCN(CC)CCN(C(=O)Cc1ccccc1)c1nc2cc(OC)c(OC)cc2s1. The van der Waals surface area contributed by atoms with Crippen LogP contribution in [0.3, 0.4) is 0 Å². The van der Waals surface area contributed by atoms with Gasteiger partial charge in [0.25, 0.3) is 0 Å². The predicted molar refractivity (Wildman–Crippen MR) is 123 cm³/mol. The number of methoxy groups -OCH3 is 2. The van der Waals surface area contributed by atoms with Gasteiger partial charge >= 0.3 is 0 Å². The van der Waals surface area contributed by atoms with Crippen molar-refractivity contribution < 1.29 is 14.3 Å². The molecule has 2 aromatic carbocycles. The zero-order valence-corrected chi connectivity index (χ0v) is 18.9. The molecule has 0 atom stereocenters. The first-order valence-electron chi connectivity index (χ1n) is 10.2. The standard InChI is InChI=1S/C23H29N3O3S/c1-5-25(6-2)12-13-26(22(27)14-17-10-8-7-9-11-17)23-24-18-15-19(28-3)20(29-4)16-21(18)30-23/h7-11,15-16H,5-6,12-14H2,1-4H3. The molecular formula is C23H29N3O3S. The Bertz CT molecular complexity index is 929. The summed E-state index contributed by atoms with van der Waals surface area (Å²) in [4.78, 5) is 22.1. The number of fused-ring (bicyclic) bond motifs is 1. The molecule has 3 rings (SSSR count). The number of thiazole rings is 1. The fraction of sp³-hybridized carbons (Fsp3) is 0.391. The molecule has 0 radical (unpaired) electrons. The summed E-state index contributed by atoms with van der Waals surface area (Å²) in [5, 5.41) is 0.702. The second kappa shape index (κ2) is 10.4. The lowest BCUT2D eigenvalue weighted by Crippen LogP contribution is -2.39. The van der Waals surface area contributed by atoms with Crippen LogP contribution in [-0.2, 0) is 11.2 Å². The van der Waals surface area contributed by atoms with Crippen molar-refractivity contribution in [3.63, 3.8) is 0 Å². The molecule has 6 nitrogen and oxygen atoms in total. The molecule has 0 aliphatic rings. The normalized spacial score (nSPS) is 11.1. The minimum atomic E-state index is 0.0475. The number of aromatic nitrogens is 1.